The van der Waals surface area contributed by atoms with Gasteiger partial charge in [-0.15, -0.1) is 0 Å². The highest BCUT2D eigenvalue weighted by atomic mass is 19.1. The zero-order valence-electron chi connectivity index (χ0n) is 13.6. The van der Waals surface area contributed by atoms with Crippen LogP contribution in [-0.4, -0.2) is 11.8 Å². The smallest absolute Gasteiger partial charge is 0.267 e. The molecule has 0 saturated heterocycles. The second-order valence-electron chi connectivity index (χ2n) is 5.15. The molecule has 0 spiro atoms. The maximum atomic E-state index is 13.5. The van der Waals surface area contributed by atoms with Crippen LogP contribution in [0.1, 0.15) is 6.92 Å². The lowest BCUT2D eigenvalue weighted by Crippen LogP contribution is -2.14. The molecular weight excluding hydrogens is 342 g/mol. The lowest BCUT2D eigenvalue weighted by molar-refractivity contribution is -0.114. The molecule has 6 nitrogen and oxygen atoms in total. The van der Waals surface area contributed by atoms with E-state index in [9.17, 15) is 18.4 Å². The summed E-state index contributed by atoms with van der Waals surface area (Å²) in [6, 6.07) is 10.8. The van der Waals surface area contributed by atoms with Gasteiger partial charge in [-0.25, -0.2) is 8.78 Å². The molecular formula is C18H14F2N4O2. The number of anilines is 3. The number of halogens is 2. The van der Waals surface area contributed by atoms with Crippen LogP contribution in [0.3, 0.4) is 0 Å². The lowest BCUT2D eigenvalue weighted by atomic mass is 10.2. The minimum absolute atomic E-state index is 0.0772. The predicted octanol–water partition coefficient (Wildman–Crippen LogP) is 3.38. The third-order valence-corrected chi connectivity index (χ3v) is 3.13. The van der Waals surface area contributed by atoms with Gasteiger partial charge in [-0.1, -0.05) is 0 Å². The number of hydrogen-bond acceptors (Lipinski definition) is 4. The van der Waals surface area contributed by atoms with Gasteiger partial charge in [0, 0.05) is 30.6 Å². The monoisotopic (exact) mass is 356 g/mol. The van der Waals surface area contributed by atoms with Crippen LogP contribution in [0, 0.1) is 23.0 Å². The van der Waals surface area contributed by atoms with Crippen molar-refractivity contribution in [2.45, 2.75) is 6.92 Å². The Kier molecular flexibility index (Phi) is 6.01. The Morgan fingerprint density at radius 1 is 1.04 bits per heavy atom. The molecule has 8 heteroatoms. The Morgan fingerprint density at radius 3 is 2.19 bits per heavy atom. The van der Waals surface area contributed by atoms with Crippen molar-refractivity contribution in [3.8, 4) is 6.07 Å². The second kappa shape index (κ2) is 8.39. The van der Waals surface area contributed by atoms with Crippen LogP contribution in [0.2, 0.25) is 0 Å². The van der Waals surface area contributed by atoms with Crippen molar-refractivity contribution in [1.82, 2.24) is 0 Å². The molecule has 0 bridgehead atoms. The molecule has 2 amide bonds. The third-order valence-electron chi connectivity index (χ3n) is 3.13. The molecule has 0 aliphatic carbocycles. The van der Waals surface area contributed by atoms with Crippen LogP contribution < -0.4 is 16.0 Å². The number of carbonyl (C=O) groups is 2. The lowest BCUT2D eigenvalue weighted by Gasteiger charge is -2.07. The Morgan fingerprint density at radius 2 is 1.65 bits per heavy atom. The highest BCUT2D eigenvalue weighted by Gasteiger charge is 2.10. The van der Waals surface area contributed by atoms with Gasteiger partial charge < -0.3 is 16.0 Å². The number of hydrogen-bond donors (Lipinski definition) is 3. The van der Waals surface area contributed by atoms with Gasteiger partial charge in [0.1, 0.15) is 23.3 Å². The van der Waals surface area contributed by atoms with Crippen molar-refractivity contribution in [3.63, 3.8) is 0 Å². The number of nitriles is 1. The maximum Gasteiger partial charge on any atom is 0.267 e. The third kappa shape index (κ3) is 5.14. The average Bonchev–Trinajstić information content (AvgIpc) is 2.58. The Hall–Kier alpha value is -3.73. The molecule has 0 aliphatic rings. The fraction of sp³-hybridized carbons (Fsp3) is 0.0556. The zero-order chi connectivity index (χ0) is 19.1. The van der Waals surface area contributed by atoms with E-state index >= 15 is 0 Å². The Balaban J connectivity index is 2.06. The molecule has 0 atom stereocenters. The highest BCUT2D eigenvalue weighted by Crippen LogP contribution is 2.16. The number of rotatable bonds is 5. The van der Waals surface area contributed by atoms with Crippen molar-refractivity contribution in [1.29, 1.82) is 5.26 Å². The first kappa shape index (κ1) is 18.6. The first-order chi connectivity index (χ1) is 12.4. The topological polar surface area (TPSA) is 94.0 Å². The molecule has 26 heavy (non-hydrogen) atoms. The Bertz CT molecular complexity index is 902. The van der Waals surface area contributed by atoms with Crippen molar-refractivity contribution in [3.05, 3.63) is 65.9 Å². The molecule has 0 heterocycles. The highest BCUT2D eigenvalue weighted by molar-refractivity contribution is 6.06. The van der Waals surface area contributed by atoms with E-state index in [1.807, 2.05) is 0 Å². The summed E-state index contributed by atoms with van der Waals surface area (Å²) in [5.41, 5.74) is 0.574. The van der Waals surface area contributed by atoms with Crippen LogP contribution >= 0.6 is 0 Å². The number of benzene rings is 2. The van der Waals surface area contributed by atoms with Crippen LogP contribution in [0.4, 0.5) is 25.8 Å². The van der Waals surface area contributed by atoms with Crippen LogP contribution in [0.5, 0.6) is 0 Å². The molecule has 0 unspecified atom stereocenters. The minimum atomic E-state index is -0.854. The second-order valence-corrected chi connectivity index (χ2v) is 5.15. The molecule has 2 rings (SSSR count). The number of nitrogens with zero attached hydrogens (tertiary/aromatic N) is 1. The molecule has 132 valence electrons. The van der Waals surface area contributed by atoms with Gasteiger partial charge in [-0.2, -0.15) is 5.26 Å². The summed E-state index contributed by atoms with van der Waals surface area (Å²) in [5.74, 6) is -2.53. The van der Waals surface area contributed by atoms with Crippen LogP contribution in [-0.2, 0) is 9.59 Å². The standard InChI is InChI=1S/C18H14F2N4O2/c1-11(25)23-14-3-5-15(6-4-14)24-18(26)12(9-21)10-22-17-7-2-13(19)8-16(17)20/h2-8,10,22H,1H3,(H,23,25)(H,24,26)/b12-10-. The van der Waals surface area contributed by atoms with Crippen molar-refractivity contribution in [2.24, 2.45) is 0 Å². The van der Waals surface area contributed by atoms with E-state index in [0.29, 0.717) is 17.4 Å². The summed E-state index contributed by atoms with van der Waals surface area (Å²) < 4.78 is 26.4. The molecule has 0 aliphatic heterocycles. The Labute approximate surface area is 148 Å². The maximum absolute atomic E-state index is 13.5. The molecule has 0 fully saturated rings. The van der Waals surface area contributed by atoms with E-state index in [1.165, 1.54) is 6.92 Å². The molecule has 0 aromatic heterocycles. The minimum Gasteiger partial charge on any atom is -0.358 e. The summed E-state index contributed by atoms with van der Waals surface area (Å²) in [6.45, 7) is 1.37. The van der Waals surface area contributed by atoms with Gasteiger partial charge >= 0.3 is 0 Å². The van der Waals surface area contributed by atoms with Crippen LogP contribution in [0.25, 0.3) is 0 Å². The normalized spacial score (nSPS) is 10.6. The van der Waals surface area contributed by atoms with Crippen molar-refractivity contribution < 1.29 is 18.4 Å². The molecule has 3 N–H and O–H groups in total. The fourth-order valence-corrected chi connectivity index (χ4v) is 1.94. The van der Waals surface area contributed by atoms with Gasteiger partial charge in [-0.3, -0.25) is 9.59 Å². The van der Waals surface area contributed by atoms with Gasteiger partial charge in [0.15, 0.2) is 0 Å². The van der Waals surface area contributed by atoms with E-state index < -0.39 is 17.5 Å². The largest absolute Gasteiger partial charge is 0.358 e. The average molecular weight is 356 g/mol. The number of nitrogens with one attached hydrogen (secondary N) is 3. The van der Waals surface area contributed by atoms with Crippen LogP contribution in [0.15, 0.2) is 54.2 Å². The van der Waals surface area contributed by atoms with Gasteiger partial charge in [0.2, 0.25) is 5.91 Å². The fourth-order valence-electron chi connectivity index (χ4n) is 1.94. The quantitative estimate of drug-likeness (QED) is 0.565. The predicted molar refractivity (Wildman–Crippen MR) is 93.1 cm³/mol. The van der Waals surface area contributed by atoms with E-state index in [1.54, 1.807) is 30.3 Å². The van der Waals surface area contributed by atoms with E-state index in [-0.39, 0.29) is 17.2 Å². The summed E-state index contributed by atoms with van der Waals surface area (Å²) in [7, 11) is 0. The molecule has 2 aromatic carbocycles. The SMILES string of the molecule is CC(=O)Nc1ccc(NC(=O)/C(C#N)=C\Nc2ccc(F)cc2F)cc1. The van der Waals surface area contributed by atoms with Crippen molar-refractivity contribution >= 4 is 28.9 Å². The zero-order valence-corrected chi connectivity index (χ0v) is 13.6. The number of carbonyl (C=O) groups excluding carboxylic acids is 2. The van der Waals surface area contributed by atoms with Gasteiger partial charge in [0.25, 0.3) is 5.91 Å². The summed E-state index contributed by atoms with van der Waals surface area (Å²) in [4.78, 5) is 23.1. The van der Waals surface area contributed by atoms with Crippen molar-refractivity contribution in [2.75, 3.05) is 16.0 Å². The molecule has 2 aromatic rings. The van der Waals surface area contributed by atoms with Gasteiger partial charge in [-0.05, 0) is 36.4 Å². The van der Waals surface area contributed by atoms with E-state index in [0.717, 1.165) is 18.3 Å². The first-order valence-electron chi connectivity index (χ1n) is 7.40. The van der Waals surface area contributed by atoms with Gasteiger partial charge in [0.05, 0.1) is 5.69 Å². The van der Waals surface area contributed by atoms with E-state index in [4.69, 9.17) is 5.26 Å². The number of amides is 2. The summed E-state index contributed by atoms with van der Waals surface area (Å²) in [6.07, 6.45) is 1.03. The summed E-state index contributed by atoms with van der Waals surface area (Å²) in [5, 5.41) is 16.6. The molecule has 0 saturated carbocycles. The first-order valence-corrected chi connectivity index (χ1v) is 7.40. The van der Waals surface area contributed by atoms with E-state index in [2.05, 4.69) is 16.0 Å². The molecule has 0 radical (unpaired) electrons. The summed E-state index contributed by atoms with van der Waals surface area (Å²) >= 11 is 0.